The predicted octanol–water partition coefficient (Wildman–Crippen LogP) is 2.71. The maximum Gasteiger partial charge on any atom is 0.138 e. The van der Waals surface area contributed by atoms with Crippen LogP contribution in [0.1, 0.15) is 19.8 Å². The number of rotatable bonds is 3. The van der Waals surface area contributed by atoms with Crippen LogP contribution in [-0.4, -0.2) is 35.6 Å². The van der Waals surface area contributed by atoms with Gasteiger partial charge in [0.15, 0.2) is 0 Å². The Hall–Kier alpha value is -0.610. The molecule has 0 unspecified atom stereocenters. The molecule has 4 heteroatoms. The van der Waals surface area contributed by atoms with Crippen LogP contribution in [0.2, 0.25) is 0 Å². The number of aromatic nitrogens is 1. The molecule has 0 aromatic carbocycles. The van der Waals surface area contributed by atoms with E-state index < -0.39 is 0 Å². The van der Waals surface area contributed by atoms with Crippen LogP contribution >= 0.6 is 15.9 Å². The maximum atomic E-state index is 5.89. The highest BCUT2D eigenvalue weighted by Crippen LogP contribution is 2.19. The Morgan fingerprint density at radius 3 is 2.75 bits per heavy atom. The number of ether oxygens (including phenoxy) is 1. The second-order valence-electron chi connectivity index (χ2n) is 4.07. The molecule has 0 amide bonds. The lowest BCUT2D eigenvalue weighted by atomic mass is 10.1. The Kier molecular flexibility index (Phi) is 4.18. The molecule has 1 aliphatic rings. The third kappa shape index (κ3) is 3.19. The van der Waals surface area contributed by atoms with E-state index in [1.54, 1.807) is 6.20 Å². The summed E-state index contributed by atoms with van der Waals surface area (Å²) in [6.07, 6.45) is 4.36. The highest BCUT2D eigenvalue weighted by molar-refractivity contribution is 9.10. The van der Waals surface area contributed by atoms with Gasteiger partial charge in [0, 0.05) is 13.1 Å². The van der Waals surface area contributed by atoms with Crippen molar-refractivity contribution in [2.75, 3.05) is 19.6 Å². The van der Waals surface area contributed by atoms with Gasteiger partial charge in [-0.25, -0.2) is 4.98 Å². The fourth-order valence-corrected chi connectivity index (χ4v) is 2.20. The zero-order valence-corrected chi connectivity index (χ0v) is 11.1. The molecule has 0 spiro atoms. The van der Waals surface area contributed by atoms with Crippen LogP contribution < -0.4 is 4.74 Å². The lowest BCUT2D eigenvalue weighted by molar-refractivity contribution is 0.103. The third-order valence-electron chi connectivity index (χ3n) is 2.98. The summed E-state index contributed by atoms with van der Waals surface area (Å²) in [6.45, 7) is 5.64. The minimum atomic E-state index is 0.353. The van der Waals surface area contributed by atoms with Gasteiger partial charge in [0.05, 0.1) is 6.20 Å². The normalized spacial score (nSPS) is 18.6. The molecule has 0 bridgehead atoms. The maximum absolute atomic E-state index is 5.89. The molecular weight excluding hydrogens is 268 g/mol. The van der Waals surface area contributed by atoms with Gasteiger partial charge in [-0.1, -0.05) is 6.92 Å². The molecule has 0 saturated carbocycles. The van der Waals surface area contributed by atoms with Crippen molar-refractivity contribution >= 4 is 15.9 Å². The summed E-state index contributed by atoms with van der Waals surface area (Å²) in [6, 6.07) is 3.87. The Labute approximate surface area is 105 Å². The molecule has 1 fully saturated rings. The largest absolute Gasteiger partial charge is 0.489 e. The molecule has 1 aliphatic heterocycles. The average molecular weight is 285 g/mol. The quantitative estimate of drug-likeness (QED) is 0.798. The van der Waals surface area contributed by atoms with Crippen molar-refractivity contribution in [3.05, 3.63) is 22.9 Å². The van der Waals surface area contributed by atoms with Crippen LogP contribution in [0.15, 0.2) is 22.9 Å². The molecule has 3 nitrogen and oxygen atoms in total. The van der Waals surface area contributed by atoms with E-state index >= 15 is 0 Å². The standard InChI is InChI=1S/C12H17BrN2O/c1-2-15-7-5-10(6-8-15)16-11-3-4-12(13)14-9-11/h3-4,9-10H,2,5-8H2,1H3. The van der Waals surface area contributed by atoms with Gasteiger partial charge >= 0.3 is 0 Å². The van der Waals surface area contributed by atoms with Crippen LogP contribution in [0.5, 0.6) is 5.75 Å². The molecule has 16 heavy (non-hydrogen) atoms. The minimum absolute atomic E-state index is 0.353. The molecule has 88 valence electrons. The van der Waals surface area contributed by atoms with E-state index in [2.05, 4.69) is 32.7 Å². The fraction of sp³-hybridized carbons (Fsp3) is 0.583. The number of piperidine rings is 1. The number of hydrogen-bond acceptors (Lipinski definition) is 3. The van der Waals surface area contributed by atoms with Crippen LogP contribution in [0.3, 0.4) is 0 Å². The number of pyridine rings is 1. The summed E-state index contributed by atoms with van der Waals surface area (Å²) in [4.78, 5) is 6.62. The van der Waals surface area contributed by atoms with Gasteiger partial charge in [-0.2, -0.15) is 0 Å². The van der Waals surface area contributed by atoms with Gasteiger partial charge in [0.25, 0.3) is 0 Å². The number of nitrogens with zero attached hydrogens (tertiary/aromatic N) is 2. The van der Waals surface area contributed by atoms with Crippen molar-refractivity contribution < 1.29 is 4.74 Å². The highest BCUT2D eigenvalue weighted by atomic mass is 79.9. The summed E-state index contributed by atoms with van der Waals surface area (Å²) in [5.41, 5.74) is 0. The number of likely N-dealkylation sites (tertiary alicyclic amines) is 1. The minimum Gasteiger partial charge on any atom is -0.489 e. The van der Waals surface area contributed by atoms with Crippen molar-refractivity contribution in [1.82, 2.24) is 9.88 Å². The van der Waals surface area contributed by atoms with Crippen molar-refractivity contribution in [2.24, 2.45) is 0 Å². The topological polar surface area (TPSA) is 25.4 Å². The molecule has 1 aromatic rings. The molecule has 0 atom stereocenters. The summed E-state index contributed by atoms with van der Waals surface area (Å²) in [5, 5.41) is 0. The van der Waals surface area contributed by atoms with Gasteiger partial charge < -0.3 is 9.64 Å². The van der Waals surface area contributed by atoms with Gasteiger partial charge in [0.1, 0.15) is 16.5 Å². The van der Waals surface area contributed by atoms with Crippen LogP contribution in [0.4, 0.5) is 0 Å². The van der Waals surface area contributed by atoms with E-state index in [1.165, 1.54) is 0 Å². The number of hydrogen-bond donors (Lipinski definition) is 0. The van der Waals surface area contributed by atoms with E-state index in [0.717, 1.165) is 42.8 Å². The van der Waals surface area contributed by atoms with Crippen molar-refractivity contribution in [3.63, 3.8) is 0 Å². The first-order valence-electron chi connectivity index (χ1n) is 5.78. The van der Waals surface area contributed by atoms with Gasteiger partial charge in [-0.3, -0.25) is 0 Å². The van der Waals surface area contributed by atoms with Crippen LogP contribution in [0, 0.1) is 0 Å². The lowest BCUT2D eigenvalue weighted by Crippen LogP contribution is -2.37. The zero-order valence-electron chi connectivity index (χ0n) is 9.53. The predicted molar refractivity (Wildman–Crippen MR) is 67.7 cm³/mol. The first-order valence-corrected chi connectivity index (χ1v) is 6.58. The van der Waals surface area contributed by atoms with Gasteiger partial charge in [0.2, 0.25) is 0 Å². The highest BCUT2D eigenvalue weighted by Gasteiger charge is 2.19. The van der Waals surface area contributed by atoms with E-state index in [9.17, 15) is 0 Å². The molecular formula is C12H17BrN2O. The third-order valence-corrected chi connectivity index (χ3v) is 3.45. The SMILES string of the molecule is CCN1CCC(Oc2ccc(Br)nc2)CC1. The first kappa shape index (κ1) is 11.9. The van der Waals surface area contributed by atoms with Gasteiger partial charge in [-0.15, -0.1) is 0 Å². The van der Waals surface area contributed by atoms with E-state index in [0.29, 0.717) is 6.10 Å². The fourth-order valence-electron chi connectivity index (χ4n) is 1.97. The first-order chi connectivity index (χ1) is 7.78. The Balaban J connectivity index is 1.84. The van der Waals surface area contributed by atoms with E-state index in [-0.39, 0.29) is 0 Å². The lowest BCUT2D eigenvalue weighted by Gasteiger charge is -2.31. The molecule has 2 heterocycles. The summed E-state index contributed by atoms with van der Waals surface area (Å²) >= 11 is 3.31. The second-order valence-corrected chi connectivity index (χ2v) is 4.88. The summed E-state index contributed by atoms with van der Waals surface area (Å²) in [7, 11) is 0. The van der Waals surface area contributed by atoms with Crippen LogP contribution in [0.25, 0.3) is 0 Å². The Morgan fingerprint density at radius 2 is 2.19 bits per heavy atom. The summed E-state index contributed by atoms with van der Waals surface area (Å²) < 4.78 is 6.74. The molecule has 1 saturated heterocycles. The molecule has 2 rings (SSSR count). The number of halogens is 1. The average Bonchev–Trinajstić information content (AvgIpc) is 2.33. The van der Waals surface area contributed by atoms with E-state index in [1.807, 2.05) is 12.1 Å². The van der Waals surface area contributed by atoms with Crippen LogP contribution in [-0.2, 0) is 0 Å². The van der Waals surface area contributed by atoms with Crippen molar-refractivity contribution in [2.45, 2.75) is 25.9 Å². The van der Waals surface area contributed by atoms with Crippen molar-refractivity contribution in [3.8, 4) is 5.75 Å². The summed E-state index contributed by atoms with van der Waals surface area (Å²) in [5.74, 6) is 0.873. The Bertz CT molecular complexity index is 320. The molecule has 1 aromatic heterocycles. The van der Waals surface area contributed by atoms with Gasteiger partial charge in [-0.05, 0) is 47.4 Å². The smallest absolute Gasteiger partial charge is 0.138 e. The second kappa shape index (κ2) is 5.64. The monoisotopic (exact) mass is 284 g/mol. The molecule has 0 N–H and O–H groups in total. The van der Waals surface area contributed by atoms with E-state index in [4.69, 9.17) is 4.74 Å². The molecule has 0 aliphatic carbocycles. The zero-order chi connectivity index (χ0) is 11.4. The molecule has 0 radical (unpaired) electrons. The Morgan fingerprint density at radius 1 is 1.44 bits per heavy atom. The van der Waals surface area contributed by atoms with Crippen molar-refractivity contribution in [1.29, 1.82) is 0 Å².